The topological polar surface area (TPSA) is 68.8 Å². The molecule has 0 radical (unpaired) electrons. The molecule has 0 atom stereocenters. The van der Waals surface area contributed by atoms with Crippen LogP contribution in [0.1, 0.15) is 33.7 Å². The van der Waals surface area contributed by atoms with Gasteiger partial charge < -0.3 is 4.90 Å². The lowest BCUT2D eigenvalue weighted by Crippen LogP contribution is -2.31. The van der Waals surface area contributed by atoms with Gasteiger partial charge in [0.15, 0.2) is 0 Å². The number of halogens is 1. The van der Waals surface area contributed by atoms with Crippen LogP contribution >= 0.6 is 0 Å². The van der Waals surface area contributed by atoms with E-state index >= 15 is 0 Å². The summed E-state index contributed by atoms with van der Waals surface area (Å²) < 4.78 is 17.5. The van der Waals surface area contributed by atoms with E-state index in [-0.39, 0.29) is 11.7 Å². The second-order valence-electron chi connectivity index (χ2n) is 6.45. The molecule has 2 aromatic heterocycles. The molecule has 134 valence electrons. The zero-order chi connectivity index (χ0) is 18.1. The van der Waals surface area contributed by atoms with Crippen molar-refractivity contribution in [2.75, 3.05) is 6.54 Å². The highest BCUT2D eigenvalue weighted by Crippen LogP contribution is 2.19. The van der Waals surface area contributed by atoms with E-state index in [4.69, 9.17) is 0 Å². The molecule has 1 aromatic carbocycles. The van der Waals surface area contributed by atoms with Gasteiger partial charge in [-0.2, -0.15) is 5.10 Å². The molecule has 4 rings (SSSR count). The summed E-state index contributed by atoms with van der Waals surface area (Å²) in [6, 6.07) is 6.47. The van der Waals surface area contributed by atoms with Gasteiger partial charge in [-0.15, -0.1) is 5.10 Å². The zero-order valence-corrected chi connectivity index (χ0v) is 14.5. The lowest BCUT2D eigenvalue weighted by molar-refractivity contribution is 0.0745. The summed E-state index contributed by atoms with van der Waals surface area (Å²) in [7, 11) is 0. The molecule has 0 spiro atoms. The summed E-state index contributed by atoms with van der Waals surface area (Å²) >= 11 is 0. The Balaban J connectivity index is 1.59. The molecular formula is C18H19FN6O. The highest BCUT2D eigenvalue weighted by molar-refractivity contribution is 5.94. The smallest absolute Gasteiger partial charge is 0.254 e. The number of aryl methyl sites for hydroxylation is 2. The predicted molar refractivity (Wildman–Crippen MR) is 91.8 cm³/mol. The van der Waals surface area contributed by atoms with Crippen LogP contribution in [0.5, 0.6) is 0 Å². The number of hydrogen-bond acceptors (Lipinski definition) is 4. The third kappa shape index (κ3) is 3.10. The number of hydrogen-bond donors (Lipinski definition) is 0. The van der Waals surface area contributed by atoms with Gasteiger partial charge in [-0.1, -0.05) is 11.3 Å². The van der Waals surface area contributed by atoms with Crippen LogP contribution in [0.3, 0.4) is 0 Å². The van der Waals surface area contributed by atoms with Crippen molar-refractivity contribution in [3.63, 3.8) is 0 Å². The van der Waals surface area contributed by atoms with Crippen LogP contribution in [-0.2, 0) is 19.6 Å². The predicted octanol–water partition coefficient (Wildman–Crippen LogP) is 2.02. The van der Waals surface area contributed by atoms with Gasteiger partial charge in [0.1, 0.15) is 11.5 Å². The molecule has 1 aliphatic heterocycles. The third-order valence-corrected chi connectivity index (χ3v) is 4.63. The molecule has 0 fully saturated rings. The highest BCUT2D eigenvalue weighted by Gasteiger charge is 2.24. The van der Waals surface area contributed by atoms with Gasteiger partial charge in [-0.25, -0.2) is 9.07 Å². The van der Waals surface area contributed by atoms with Crippen molar-refractivity contribution in [1.29, 1.82) is 0 Å². The third-order valence-electron chi connectivity index (χ3n) is 4.63. The first-order valence-electron chi connectivity index (χ1n) is 8.56. The van der Waals surface area contributed by atoms with E-state index in [0.717, 1.165) is 17.8 Å². The van der Waals surface area contributed by atoms with Crippen LogP contribution in [-0.4, -0.2) is 42.1 Å². The van der Waals surface area contributed by atoms with Gasteiger partial charge in [0.05, 0.1) is 18.8 Å². The van der Waals surface area contributed by atoms with Crippen LogP contribution in [0.15, 0.2) is 36.7 Å². The highest BCUT2D eigenvalue weighted by atomic mass is 19.1. The van der Waals surface area contributed by atoms with Crippen molar-refractivity contribution in [3.05, 3.63) is 65.0 Å². The molecule has 1 aliphatic rings. The lowest BCUT2D eigenvalue weighted by atomic mass is 10.1. The number of fused-ring (bicyclic) bond motifs is 1. The maximum absolute atomic E-state index is 13.8. The largest absolute Gasteiger partial charge is 0.333 e. The zero-order valence-electron chi connectivity index (χ0n) is 14.5. The Morgan fingerprint density at radius 2 is 2.19 bits per heavy atom. The molecule has 0 saturated carbocycles. The average Bonchev–Trinajstić information content (AvgIpc) is 3.22. The number of carbonyl (C=O) groups excluding carboxylic acids is 1. The molecule has 26 heavy (non-hydrogen) atoms. The first-order chi connectivity index (χ1) is 12.6. The summed E-state index contributed by atoms with van der Waals surface area (Å²) in [5.74, 6) is -0.541. The maximum atomic E-state index is 13.8. The molecule has 0 aliphatic carbocycles. The standard InChI is InChI=1S/C18H19FN6O/c1-13-4-5-14(10-15(13)19)18(26)23-7-3-9-25-17(12-23)16(21-22-25)11-24-8-2-6-20-24/h2,4-6,8,10H,3,7,9,11-12H2,1H3. The second-order valence-corrected chi connectivity index (χ2v) is 6.45. The van der Waals surface area contributed by atoms with E-state index in [1.807, 2.05) is 16.9 Å². The molecule has 3 aromatic rings. The first-order valence-corrected chi connectivity index (χ1v) is 8.56. The minimum Gasteiger partial charge on any atom is -0.333 e. The summed E-state index contributed by atoms with van der Waals surface area (Å²) in [5.41, 5.74) is 2.59. The van der Waals surface area contributed by atoms with E-state index in [9.17, 15) is 9.18 Å². The number of aromatic nitrogens is 5. The Bertz CT molecular complexity index is 933. The van der Waals surface area contributed by atoms with Crippen molar-refractivity contribution in [2.45, 2.75) is 33.0 Å². The number of carbonyl (C=O) groups is 1. The average molecular weight is 354 g/mol. The Kier molecular flexibility index (Phi) is 4.24. The molecule has 0 saturated heterocycles. The number of nitrogens with zero attached hydrogens (tertiary/aromatic N) is 6. The Morgan fingerprint density at radius 3 is 2.96 bits per heavy atom. The lowest BCUT2D eigenvalue weighted by Gasteiger charge is -2.20. The Hall–Kier alpha value is -3.03. The van der Waals surface area contributed by atoms with Crippen molar-refractivity contribution < 1.29 is 9.18 Å². The molecule has 0 unspecified atom stereocenters. The molecule has 0 bridgehead atoms. The summed E-state index contributed by atoms with van der Waals surface area (Å²) in [6.07, 6.45) is 4.35. The molecule has 1 amide bonds. The number of rotatable bonds is 3. The van der Waals surface area contributed by atoms with E-state index in [1.54, 1.807) is 34.8 Å². The van der Waals surface area contributed by atoms with E-state index in [1.165, 1.54) is 6.07 Å². The van der Waals surface area contributed by atoms with Crippen LogP contribution < -0.4 is 0 Å². The minimum atomic E-state index is -0.364. The van der Waals surface area contributed by atoms with Gasteiger partial charge >= 0.3 is 0 Å². The SMILES string of the molecule is Cc1ccc(C(=O)N2CCCn3nnc(Cn4cccn4)c3C2)cc1F. The van der Waals surface area contributed by atoms with Crippen LogP contribution in [0.25, 0.3) is 0 Å². The van der Waals surface area contributed by atoms with Crippen molar-refractivity contribution in [3.8, 4) is 0 Å². The molecule has 3 heterocycles. The fraction of sp³-hybridized carbons (Fsp3) is 0.333. The van der Waals surface area contributed by atoms with Gasteiger partial charge in [0.25, 0.3) is 5.91 Å². The summed E-state index contributed by atoms with van der Waals surface area (Å²) in [6.45, 7) is 3.88. The monoisotopic (exact) mass is 354 g/mol. The fourth-order valence-electron chi connectivity index (χ4n) is 3.14. The fourth-order valence-corrected chi connectivity index (χ4v) is 3.14. The Morgan fingerprint density at radius 1 is 1.31 bits per heavy atom. The van der Waals surface area contributed by atoms with Gasteiger partial charge in [-0.3, -0.25) is 9.48 Å². The van der Waals surface area contributed by atoms with Crippen molar-refractivity contribution >= 4 is 5.91 Å². The maximum Gasteiger partial charge on any atom is 0.254 e. The summed E-state index contributed by atoms with van der Waals surface area (Å²) in [5, 5.41) is 12.7. The molecule has 8 heteroatoms. The molecule has 7 nitrogen and oxygen atoms in total. The molecule has 0 N–H and O–H groups in total. The molecular weight excluding hydrogens is 335 g/mol. The van der Waals surface area contributed by atoms with E-state index in [0.29, 0.717) is 37.3 Å². The van der Waals surface area contributed by atoms with Gasteiger partial charge in [-0.05, 0) is 37.1 Å². The van der Waals surface area contributed by atoms with Crippen LogP contribution in [0.4, 0.5) is 4.39 Å². The van der Waals surface area contributed by atoms with E-state index < -0.39 is 0 Å². The number of benzene rings is 1. The quantitative estimate of drug-likeness (QED) is 0.722. The Labute approximate surface area is 150 Å². The van der Waals surface area contributed by atoms with Gasteiger partial charge in [0, 0.05) is 31.0 Å². The van der Waals surface area contributed by atoms with Crippen molar-refractivity contribution in [2.24, 2.45) is 0 Å². The summed E-state index contributed by atoms with van der Waals surface area (Å²) in [4.78, 5) is 14.6. The van der Waals surface area contributed by atoms with E-state index in [2.05, 4.69) is 15.4 Å². The van der Waals surface area contributed by atoms with Crippen LogP contribution in [0, 0.1) is 12.7 Å². The van der Waals surface area contributed by atoms with Crippen molar-refractivity contribution in [1.82, 2.24) is 29.7 Å². The van der Waals surface area contributed by atoms with Crippen LogP contribution in [0.2, 0.25) is 0 Å². The minimum absolute atomic E-state index is 0.177. The normalized spacial score (nSPS) is 14.2. The van der Waals surface area contributed by atoms with Gasteiger partial charge in [0.2, 0.25) is 0 Å². The number of amides is 1. The first kappa shape index (κ1) is 16.4. The second kappa shape index (κ2) is 6.70.